The molecule has 4 heteroatoms. The Hall–Kier alpha value is -2.07. The molecule has 1 heterocycles. The Kier molecular flexibility index (Phi) is 3.56. The van der Waals surface area contributed by atoms with Gasteiger partial charge in [-0.15, -0.1) is 0 Å². The van der Waals surface area contributed by atoms with Crippen molar-refractivity contribution in [2.24, 2.45) is 0 Å². The summed E-state index contributed by atoms with van der Waals surface area (Å²) in [5.41, 5.74) is 9.79. The maximum atomic E-state index is 6.05. The van der Waals surface area contributed by atoms with Crippen LogP contribution >= 0.6 is 15.9 Å². The van der Waals surface area contributed by atoms with E-state index in [2.05, 4.69) is 38.4 Å². The highest BCUT2D eigenvalue weighted by Crippen LogP contribution is 2.28. The van der Waals surface area contributed by atoms with Gasteiger partial charge < -0.3 is 11.1 Å². The molecule has 0 spiro atoms. The van der Waals surface area contributed by atoms with E-state index in [-0.39, 0.29) is 0 Å². The molecule has 0 aliphatic heterocycles. The van der Waals surface area contributed by atoms with Gasteiger partial charge in [0.25, 0.3) is 0 Å². The molecule has 2 aromatic carbocycles. The summed E-state index contributed by atoms with van der Waals surface area (Å²) in [6.45, 7) is 0.720. The molecule has 3 rings (SSSR count). The average molecular weight is 328 g/mol. The Morgan fingerprint density at radius 2 is 1.95 bits per heavy atom. The van der Waals surface area contributed by atoms with E-state index < -0.39 is 0 Å². The van der Waals surface area contributed by atoms with Crippen molar-refractivity contribution in [3.8, 4) is 0 Å². The number of nitrogens with zero attached hydrogens (tertiary/aromatic N) is 1. The Morgan fingerprint density at radius 1 is 1.10 bits per heavy atom. The number of nitrogens with one attached hydrogen (secondary N) is 1. The number of para-hydroxylation sites is 1. The van der Waals surface area contributed by atoms with Gasteiger partial charge in [0, 0.05) is 16.4 Å². The summed E-state index contributed by atoms with van der Waals surface area (Å²) in [5, 5.41) is 4.46. The second-order valence-corrected chi connectivity index (χ2v) is 5.50. The first-order valence-corrected chi connectivity index (χ1v) is 7.15. The number of fused-ring (bicyclic) bond motifs is 1. The fourth-order valence-corrected chi connectivity index (χ4v) is 2.64. The third-order valence-corrected chi connectivity index (χ3v) is 3.66. The largest absolute Gasteiger partial charge is 0.396 e. The molecule has 0 radical (unpaired) electrons. The van der Waals surface area contributed by atoms with E-state index in [1.807, 2.05) is 36.4 Å². The summed E-state index contributed by atoms with van der Waals surface area (Å²) >= 11 is 3.48. The van der Waals surface area contributed by atoms with Crippen molar-refractivity contribution < 1.29 is 0 Å². The molecule has 3 nitrogen and oxygen atoms in total. The molecule has 1 aromatic heterocycles. The number of hydrogen-bond donors (Lipinski definition) is 2. The topological polar surface area (TPSA) is 50.9 Å². The van der Waals surface area contributed by atoms with Crippen molar-refractivity contribution in [1.29, 1.82) is 0 Å². The summed E-state index contributed by atoms with van der Waals surface area (Å²) in [5.74, 6) is 0. The van der Waals surface area contributed by atoms with Gasteiger partial charge in [-0.05, 0) is 23.8 Å². The normalized spacial score (nSPS) is 10.7. The molecule has 0 saturated heterocycles. The number of rotatable bonds is 3. The number of benzene rings is 2. The zero-order chi connectivity index (χ0) is 13.9. The first kappa shape index (κ1) is 12.9. The third kappa shape index (κ3) is 2.60. The molecule has 3 aromatic rings. The lowest BCUT2D eigenvalue weighted by molar-refractivity contribution is 1.15. The molecule has 0 saturated carbocycles. The highest BCUT2D eigenvalue weighted by atomic mass is 79.9. The van der Waals surface area contributed by atoms with E-state index in [4.69, 9.17) is 5.73 Å². The van der Waals surface area contributed by atoms with E-state index in [1.165, 1.54) is 5.56 Å². The molecule has 20 heavy (non-hydrogen) atoms. The van der Waals surface area contributed by atoms with Crippen LogP contribution in [-0.2, 0) is 6.54 Å². The zero-order valence-electron chi connectivity index (χ0n) is 10.8. The summed E-state index contributed by atoms with van der Waals surface area (Å²) in [6, 6.07) is 16.2. The quantitative estimate of drug-likeness (QED) is 0.758. The zero-order valence-corrected chi connectivity index (χ0v) is 12.4. The molecule has 0 bridgehead atoms. The van der Waals surface area contributed by atoms with Gasteiger partial charge in [-0.25, -0.2) is 0 Å². The van der Waals surface area contributed by atoms with Crippen LogP contribution in [0, 0.1) is 0 Å². The molecular formula is C16H14BrN3. The van der Waals surface area contributed by atoms with Gasteiger partial charge in [0.15, 0.2) is 0 Å². The predicted octanol–water partition coefficient (Wildman–Crippen LogP) is 4.19. The fourth-order valence-electron chi connectivity index (χ4n) is 2.19. The van der Waals surface area contributed by atoms with Crippen LogP contribution in [0.15, 0.2) is 59.2 Å². The van der Waals surface area contributed by atoms with Gasteiger partial charge in [-0.2, -0.15) is 0 Å². The SMILES string of the molecule is Nc1cnc2ccccc2c1NCc1cccc(Br)c1. The number of pyridine rings is 1. The van der Waals surface area contributed by atoms with Crippen LogP contribution in [0.5, 0.6) is 0 Å². The van der Waals surface area contributed by atoms with E-state index in [0.717, 1.165) is 27.6 Å². The first-order chi connectivity index (χ1) is 9.74. The maximum absolute atomic E-state index is 6.05. The van der Waals surface area contributed by atoms with Crippen LogP contribution in [0.1, 0.15) is 5.56 Å². The van der Waals surface area contributed by atoms with Gasteiger partial charge in [0.1, 0.15) is 0 Å². The fraction of sp³-hybridized carbons (Fsp3) is 0.0625. The first-order valence-electron chi connectivity index (χ1n) is 6.35. The molecule has 100 valence electrons. The lowest BCUT2D eigenvalue weighted by atomic mass is 10.1. The predicted molar refractivity (Wildman–Crippen MR) is 87.6 cm³/mol. The number of nitrogens with two attached hydrogens (primary N) is 1. The van der Waals surface area contributed by atoms with Gasteiger partial charge in [0.2, 0.25) is 0 Å². The van der Waals surface area contributed by atoms with Crippen LogP contribution in [0.4, 0.5) is 11.4 Å². The molecule has 0 unspecified atom stereocenters. The van der Waals surface area contributed by atoms with Crippen LogP contribution in [0.25, 0.3) is 10.9 Å². The molecule has 0 amide bonds. The standard InChI is InChI=1S/C16H14BrN3/c17-12-5-3-4-11(8-12)9-20-16-13-6-1-2-7-15(13)19-10-14(16)18/h1-8,10H,9,18H2,(H,19,20). The minimum Gasteiger partial charge on any atom is -0.396 e. The van der Waals surface area contributed by atoms with Crippen LogP contribution in [0.3, 0.4) is 0 Å². The van der Waals surface area contributed by atoms with E-state index >= 15 is 0 Å². The number of nitrogen functional groups attached to an aromatic ring is 1. The van der Waals surface area contributed by atoms with Crippen molar-refractivity contribution >= 4 is 38.2 Å². The summed E-state index contributed by atoms with van der Waals surface area (Å²) in [7, 11) is 0. The molecule has 0 fully saturated rings. The average Bonchev–Trinajstić information content (AvgIpc) is 2.46. The van der Waals surface area contributed by atoms with Gasteiger partial charge in [0.05, 0.1) is 23.1 Å². The van der Waals surface area contributed by atoms with Crippen LogP contribution in [-0.4, -0.2) is 4.98 Å². The molecule has 0 aliphatic carbocycles. The van der Waals surface area contributed by atoms with E-state index in [1.54, 1.807) is 6.20 Å². The second kappa shape index (κ2) is 5.51. The Morgan fingerprint density at radius 3 is 2.80 bits per heavy atom. The van der Waals surface area contributed by atoms with E-state index in [0.29, 0.717) is 5.69 Å². The highest BCUT2D eigenvalue weighted by molar-refractivity contribution is 9.10. The van der Waals surface area contributed by atoms with Crippen molar-refractivity contribution in [2.45, 2.75) is 6.54 Å². The molecule has 3 N–H and O–H groups in total. The summed E-state index contributed by atoms with van der Waals surface area (Å²) in [4.78, 5) is 4.34. The maximum Gasteiger partial charge on any atom is 0.0743 e. The van der Waals surface area contributed by atoms with Crippen molar-refractivity contribution in [3.05, 3.63) is 64.8 Å². The van der Waals surface area contributed by atoms with Crippen molar-refractivity contribution in [1.82, 2.24) is 4.98 Å². The van der Waals surface area contributed by atoms with Gasteiger partial charge >= 0.3 is 0 Å². The molecular weight excluding hydrogens is 314 g/mol. The monoisotopic (exact) mass is 327 g/mol. The molecule has 0 aliphatic rings. The van der Waals surface area contributed by atoms with E-state index in [9.17, 15) is 0 Å². The Labute approximate surface area is 126 Å². The Bertz CT molecular complexity index is 756. The van der Waals surface area contributed by atoms with Crippen molar-refractivity contribution in [3.63, 3.8) is 0 Å². The third-order valence-electron chi connectivity index (χ3n) is 3.16. The Balaban J connectivity index is 1.92. The lowest BCUT2D eigenvalue weighted by Gasteiger charge is -2.12. The minimum absolute atomic E-state index is 0.665. The second-order valence-electron chi connectivity index (χ2n) is 4.59. The summed E-state index contributed by atoms with van der Waals surface area (Å²) < 4.78 is 1.07. The minimum atomic E-state index is 0.665. The van der Waals surface area contributed by atoms with Gasteiger partial charge in [-0.3, -0.25) is 4.98 Å². The lowest BCUT2D eigenvalue weighted by Crippen LogP contribution is -2.04. The van der Waals surface area contributed by atoms with Crippen LogP contribution in [0.2, 0.25) is 0 Å². The van der Waals surface area contributed by atoms with Gasteiger partial charge in [-0.1, -0.05) is 46.3 Å². The number of anilines is 2. The van der Waals surface area contributed by atoms with Crippen LogP contribution < -0.4 is 11.1 Å². The number of aromatic nitrogens is 1. The van der Waals surface area contributed by atoms with Crippen molar-refractivity contribution in [2.75, 3.05) is 11.1 Å². The number of hydrogen-bond acceptors (Lipinski definition) is 3. The molecule has 0 atom stereocenters. The number of halogens is 1. The highest BCUT2D eigenvalue weighted by Gasteiger charge is 2.06. The summed E-state index contributed by atoms with van der Waals surface area (Å²) in [6.07, 6.45) is 1.70. The smallest absolute Gasteiger partial charge is 0.0743 e.